The molecule has 0 atom stereocenters. The van der Waals surface area contributed by atoms with E-state index in [9.17, 15) is 14.9 Å². The highest BCUT2D eigenvalue weighted by Gasteiger charge is 2.27. The summed E-state index contributed by atoms with van der Waals surface area (Å²) < 4.78 is 1.48. The van der Waals surface area contributed by atoms with Gasteiger partial charge in [-0.15, -0.1) is 0 Å². The summed E-state index contributed by atoms with van der Waals surface area (Å²) in [5.41, 5.74) is 6.10. The molecule has 0 bridgehead atoms. The summed E-state index contributed by atoms with van der Waals surface area (Å²) in [6.07, 6.45) is 2.53. The van der Waals surface area contributed by atoms with Crippen molar-refractivity contribution in [3.63, 3.8) is 0 Å². The van der Waals surface area contributed by atoms with Crippen LogP contribution in [0.25, 0.3) is 5.69 Å². The molecule has 2 aromatic heterocycles. The molecule has 0 aliphatic heterocycles. The normalized spacial score (nSPS) is 10.6. The molecule has 11 heteroatoms. The zero-order valence-corrected chi connectivity index (χ0v) is 15.9. The molecule has 0 aliphatic carbocycles. The first-order chi connectivity index (χ1) is 14.0. The second-order valence-corrected chi connectivity index (χ2v) is 5.97. The Kier molecular flexibility index (Phi) is 5.67. The summed E-state index contributed by atoms with van der Waals surface area (Å²) >= 11 is 0. The summed E-state index contributed by atoms with van der Waals surface area (Å²) in [4.78, 5) is 33.0. The minimum Gasteiger partial charge on any atom is -0.378 e. The zero-order valence-electron chi connectivity index (χ0n) is 15.9. The van der Waals surface area contributed by atoms with Gasteiger partial charge >= 0.3 is 5.69 Å². The van der Waals surface area contributed by atoms with E-state index in [2.05, 4.69) is 20.4 Å². The largest absolute Gasteiger partial charge is 0.378 e. The predicted octanol–water partition coefficient (Wildman–Crippen LogP) is 2.38. The highest BCUT2D eigenvalue weighted by molar-refractivity contribution is 6.00. The van der Waals surface area contributed by atoms with Gasteiger partial charge in [0, 0.05) is 13.1 Å². The highest BCUT2D eigenvalue weighted by Crippen LogP contribution is 2.31. The molecule has 3 N–H and O–H groups in total. The van der Waals surface area contributed by atoms with Gasteiger partial charge in [-0.3, -0.25) is 14.9 Å². The van der Waals surface area contributed by atoms with Gasteiger partial charge in [0.05, 0.1) is 16.8 Å². The van der Waals surface area contributed by atoms with Crippen LogP contribution in [0.4, 0.5) is 23.1 Å². The number of carbonyl (C=O) groups excluding carboxylic acids is 1. The summed E-state index contributed by atoms with van der Waals surface area (Å²) in [6.45, 7) is 4.75. The number of rotatable bonds is 7. The Morgan fingerprint density at radius 1 is 1.24 bits per heavy atom. The molecule has 1 aromatic carbocycles. The first-order valence-electron chi connectivity index (χ1n) is 8.92. The van der Waals surface area contributed by atoms with Crippen LogP contribution in [0.5, 0.6) is 0 Å². The number of amides is 1. The summed E-state index contributed by atoms with van der Waals surface area (Å²) in [6, 6.07) is 9.08. The molecule has 0 aliphatic rings. The van der Waals surface area contributed by atoms with E-state index >= 15 is 0 Å². The molecule has 11 nitrogen and oxygen atoms in total. The van der Waals surface area contributed by atoms with E-state index in [1.807, 2.05) is 32.0 Å². The number of aromatic nitrogens is 4. The van der Waals surface area contributed by atoms with Crippen molar-refractivity contribution in [3.8, 4) is 5.69 Å². The van der Waals surface area contributed by atoms with E-state index in [1.165, 1.54) is 10.9 Å². The predicted molar refractivity (Wildman–Crippen MR) is 107 cm³/mol. The number of nitrogens with one attached hydrogen (secondary N) is 1. The fourth-order valence-corrected chi connectivity index (χ4v) is 2.85. The molecule has 0 spiro atoms. The summed E-state index contributed by atoms with van der Waals surface area (Å²) in [5, 5.41) is 18.6. The standard InChI is InChI=1S/C18H20N8O3/c1-3-24(4-2)18(27)13-10-22-25(12-8-6-5-7-9-12)17(13)23-16-14(26(28)29)15(19)20-11-21-16/h5-11H,3-4H2,1-2H3,(H3,19,20,21,23). The first kappa shape index (κ1) is 19.7. The van der Waals surface area contributed by atoms with Gasteiger partial charge < -0.3 is 16.0 Å². The Bertz CT molecular complexity index is 1030. The van der Waals surface area contributed by atoms with Crippen molar-refractivity contribution in [1.29, 1.82) is 0 Å². The number of nitrogens with zero attached hydrogens (tertiary/aromatic N) is 6. The smallest absolute Gasteiger partial charge is 0.353 e. The number of anilines is 3. The van der Waals surface area contributed by atoms with Crippen molar-refractivity contribution in [3.05, 3.63) is 58.5 Å². The van der Waals surface area contributed by atoms with Crippen LogP contribution in [-0.2, 0) is 0 Å². The molecule has 0 unspecified atom stereocenters. The molecular formula is C18H20N8O3. The second-order valence-electron chi connectivity index (χ2n) is 5.97. The van der Waals surface area contributed by atoms with Crippen LogP contribution in [-0.4, -0.2) is 48.6 Å². The molecule has 3 rings (SSSR count). The fraction of sp³-hybridized carbons (Fsp3) is 0.222. The van der Waals surface area contributed by atoms with Gasteiger partial charge in [-0.05, 0) is 26.0 Å². The van der Waals surface area contributed by atoms with E-state index in [4.69, 9.17) is 5.73 Å². The number of benzene rings is 1. The van der Waals surface area contributed by atoms with Crippen LogP contribution >= 0.6 is 0 Å². The topological polar surface area (TPSA) is 145 Å². The maximum absolute atomic E-state index is 13.0. The third-order valence-electron chi connectivity index (χ3n) is 4.32. The molecule has 2 heterocycles. The van der Waals surface area contributed by atoms with Crippen molar-refractivity contribution in [2.45, 2.75) is 13.8 Å². The fourth-order valence-electron chi connectivity index (χ4n) is 2.85. The lowest BCUT2D eigenvalue weighted by Crippen LogP contribution is -2.30. The lowest BCUT2D eigenvalue weighted by molar-refractivity contribution is -0.383. The zero-order chi connectivity index (χ0) is 21.0. The third-order valence-corrected chi connectivity index (χ3v) is 4.32. The molecule has 29 heavy (non-hydrogen) atoms. The number of para-hydroxylation sites is 1. The quantitative estimate of drug-likeness (QED) is 0.457. The van der Waals surface area contributed by atoms with Gasteiger partial charge in [-0.1, -0.05) is 18.2 Å². The number of nitrogens with two attached hydrogens (primary N) is 1. The van der Waals surface area contributed by atoms with E-state index in [0.717, 1.165) is 6.33 Å². The Hall–Kier alpha value is -4.02. The number of nitrogen functional groups attached to an aromatic ring is 1. The summed E-state index contributed by atoms with van der Waals surface area (Å²) in [5.74, 6) is -0.428. The molecule has 3 aromatic rings. The minimum atomic E-state index is -0.674. The Balaban J connectivity index is 2.16. The van der Waals surface area contributed by atoms with Gasteiger partial charge in [0.15, 0.2) is 0 Å². The average Bonchev–Trinajstić information content (AvgIpc) is 3.12. The van der Waals surface area contributed by atoms with Gasteiger partial charge in [-0.2, -0.15) is 5.10 Å². The van der Waals surface area contributed by atoms with E-state index in [1.54, 1.807) is 17.0 Å². The maximum Gasteiger partial charge on any atom is 0.353 e. The Morgan fingerprint density at radius 2 is 1.93 bits per heavy atom. The molecule has 150 valence electrons. The van der Waals surface area contributed by atoms with E-state index in [-0.39, 0.29) is 28.9 Å². The van der Waals surface area contributed by atoms with Gasteiger partial charge in [0.2, 0.25) is 11.6 Å². The van der Waals surface area contributed by atoms with Gasteiger partial charge in [0.1, 0.15) is 17.7 Å². The monoisotopic (exact) mass is 396 g/mol. The van der Waals surface area contributed by atoms with Crippen molar-refractivity contribution in [2.75, 3.05) is 24.1 Å². The molecular weight excluding hydrogens is 376 g/mol. The van der Waals surface area contributed by atoms with E-state index in [0.29, 0.717) is 18.8 Å². The van der Waals surface area contributed by atoms with E-state index < -0.39 is 10.6 Å². The molecule has 0 saturated heterocycles. The van der Waals surface area contributed by atoms with Crippen LogP contribution in [0.2, 0.25) is 0 Å². The second kappa shape index (κ2) is 8.33. The van der Waals surface area contributed by atoms with Crippen molar-refractivity contribution < 1.29 is 9.72 Å². The lowest BCUT2D eigenvalue weighted by Gasteiger charge is -2.19. The van der Waals surface area contributed by atoms with Crippen molar-refractivity contribution in [2.24, 2.45) is 0 Å². The van der Waals surface area contributed by atoms with Gasteiger partial charge in [-0.25, -0.2) is 14.6 Å². The van der Waals surface area contributed by atoms with Crippen LogP contribution in [0, 0.1) is 10.1 Å². The number of hydrogen-bond acceptors (Lipinski definition) is 8. The molecule has 1 amide bonds. The SMILES string of the molecule is CCN(CC)C(=O)c1cnn(-c2ccccc2)c1Nc1ncnc(N)c1[N+](=O)[O-]. The van der Waals surface area contributed by atoms with Crippen molar-refractivity contribution >= 4 is 29.0 Å². The van der Waals surface area contributed by atoms with Gasteiger partial charge in [0.25, 0.3) is 5.91 Å². The molecule has 0 saturated carbocycles. The van der Waals surface area contributed by atoms with Crippen LogP contribution in [0.3, 0.4) is 0 Å². The number of hydrogen-bond donors (Lipinski definition) is 2. The third kappa shape index (κ3) is 3.83. The minimum absolute atomic E-state index is 0.131. The maximum atomic E-state index is 13.0. The summed E-state index contributed by atoms with van der Waals surface area (Å²) in [7, 11) is 0. The molecule has 0 fully saturated rings. The Morgan fingerprint density at radius 3 is 2.55 bits per heavy atom. The lowest BCUT2D eigenvalue weighted by atomic mass is 10.2. The Labute approximate surface area is 166 Å². The number of nitro groups is 1. The highest BCUT2D eigenvalue weighted by atomic mass is 16.6. The van der Waals surface area contributed by atoms with Crippen LogP contribution in [0.1, 0.15) is 24.2 Å². The van der Waals surface area contributed by atoms with Crippen LogP contribution in [0.15, 0.2) is 42.9 Å². The van der Waals surface area contributed by atoms with Crippen LogP contribution < -0.4 is 11.1 Å². The first-order valence-corrected chi connectivity index (χ1v) is 8.92. The average molecular weight is 396 g/mol. The molecule has 0 radical (unpaired) electrons. The number of carbonyl (C=O) groups is 1. The van der Waals surface area contributed by atoms with Crippen molar-refractivity contribution in [1.82, 2.24) is 24.6 Å².